The second-order valence-corrected chi connectivity index (χ2v) is 7.42. The summed E-state index contributed by atoms with van der Waals surface area (Å²) in [7, 11) is -3.93. The van der Waals surface area contributed by atoms with Crippen LogP contribution in [0.1, 0.15) is 30.6 Å². The van der Waals surface area contributed by atoms with Crippen LogP contribution in [0.25, 0.3) is 0 Å². The predicted octanol–water partition coefficient (Wildman–Crippen LogP) is 2.95. The third kappa shape index (κ3) is 4.73. The molecule has 0 bridgehead atoms. The van der Waals surface area contributed by atoms with Crippen LogP contribution < -0.4 is 5.14 Å². The fraction of sp³-hybridized carbons (Fsp3) is 0.417. The number of esters is 1. The molecule has 20 heavy (non-hydrogen) atoms. The third-order valence-corrected chi connectivity index (χ3v) is 4.63. The van der Waals surface area contributed by atoms with Crippen molar-refractivity contribution in [1.29, 1.82) is 0 Å². The highest BCUT2D eigenvalue weighted by atomic mass is 79.9. The van der Waals surface area contributed by atoms with Crippen molar-refractivity contribution in [2.75, 3.05) is 6.61 Å². The van der Waals surface area contributed by atoms with E-state index in [9.17, 15) is 13.2 Å². The van der Waals surface area contributed by atoms with Gasteiger partial charge in [-0.1, -0.05) is 25.4 Å². The van der Waals surface area contributed by atoms with E-state index >= 15 is 0 Å². The zero-order chi connectivity index (χ0) is 15.5. The number of hydrogen-bond donors (Lipinski definition) is 1. The van der Waals surface area contributed by atoms with Gasteiger partial charge in [-0.15, -0.1) is 0 Å². The van der Waals surface area contributed by atoms with E-state index in [2.05, 4.69) is 15.9 Å². The summed E-state index contributed by atoms with van der Waals surface area (Å²) in [6, 6.07) is 2.35. The summed E-state index contributed by atoms with van der Waals surface area (Å²) in [5.74, 6) is -0.289. The van der Waals surface area contributed by atoms with Crippen LogP contribution in [-0.2, 0) is 14.8 Å². The normalized spacial score (nSPS) is 11.7. The Morgan fingerprint density at radius 1 is 1.45 bits per heavy atom. The van der Waals surface area contributed by atoms with Gasteiger partial charge in [-0.2, -0.15) is 0 Å². The molecule has 0 heterocycles. The quantitative estimate of drug-likeness (QED) is 0.791. The van der Waals surface area contributed by atoms with Crippen molar-refractivity contribution in [2.24, 2.45) is 11.1 Å². The van der Waals surface area contributed by atoms with Crippen LogP contribution in [0.5, 0.6) is 0 Å². The zero-order valence-corrected chi connectivity index (χ0v) is 14.2. The maximum absolute atomic E-state index is 11.9. The molecule has 0 aromatic heterocycles. The maximum Gasteiger partial charge on any atom is 0.339 e. The number of hydrogen-bond acceptors (Lipinski definition) is 4. The van der Waals surface area contributed by atoms with Crippen molar-refractivity contribution in [3.05, 3.63) is 27.2 Å². The molecule has 1 aromatic rings. The van der Waals surface area contributed by atoms with Crippen LogP contribution in [0.3, 0.4) is 0 Å². The molecule has 112 valence electrons. The molecule has 0 saturated carbocycles. The summed E-state index contributed by atoms with van der Waals surface area (Å²) in [4.78, 5) is 11.7. The highest BCUT2D eigenvalue weighted by molar-refractivity contribution is 9.10. The Bertz CT molecular complexity index is 616. The minimum Gasteiger partial charge on any atom is -0.462 e. The van der Waals surface area contributed by atoms with Crippen molar-refractivity contribution < 1.29 is 17.9 Å². The Morgan fingerprint density at radius 3 is 2.55 bits per heavy atom. The monoisotopic (exact) mass is 383 g/mol. The van der Waals surface area contributed by atoms with Gasteiger partial charge in [0.05, 0.1) is 22.1 Å². The smallest absolute Gasteiger partial charge is 0.339 e. The Kier molecular flexibility index (Phi) is 6.00. The Hall–Kier alpha value is -0.630. The number of benzene rings is 1. The van der Waals surface area contributed by atoms with Crippen LogP contribution in [0.2, 0.25) is 5.02 Å². The molecule has 0 saturated heterocycles. The number of halogens is 2. The van der Waals surface area contributed by atoms with Gasteiger partial charge in [0, 0.05) is 4.47 Å². The van der Waals surface area contributed by atoms with Crippen molar-refractivity contribution in [3.63, 3.8) is 0 Å². The molecule has 0 aliphatic heterocycles. The van der Waals surface area contributed by atoms with E-state index in [4.69, 9.17) is 21.5 Å². The van der Waals surface area contributed by atoms with Crippen LogP contribution >= 0.6 is 27.5 Å². The Morgan fingerprint density at radius 2 is 2.05 bits per heavy atom. The summed E-state index contributed by atoms with van der Waals surface area (Å²) >= 11 is 9.06. The van der Waals surface area contributed by atoms with E-state index in [1.54, 1.807) is 0 Å². The first-order chi connectivity index (χ1) is 9.12. The fourth-order valence-electron chi connectivity index (χ4n) is 1.34. The lowest BCUT2D eigenvalue weighted by Crippen LogP contribution is -2.15. The molecule has 1 aromatic carbocycles. The van der Waals surface area contributed by atoms with E-state index in [1.165, 1.54) is 6.07 Å². The molecule has 0 fully saturated rings. The maximum atomic E-state index is 11.9. The van der Waals surface area contributed by atoms with Crippen molar-refractivity contribution in [2.45, 2.75) is 25.2 Å². The zero-order valence-electron chi connectivity index (χ0n) is 11.0. The summed E-state index contributed by atoms with van der Waals surface area (Å²) in [6.45, 7) is 4.24. The topological polar surface area (TPSA) is 86.5 Å². The first-order valence-electron chi connectivity index (χ1n) is 5.82. The summed E-state index contributed by atoms with van der Waals surface area (Å²) in [6.07, 6.45) is 0.708. The van der Waals surface area contributed by atoms with Gasteiger partial charge >= 0.3 is 5.97 Å². The molecule has 2 N–H and O–H groups in total. The van der Waals surface area contributed by atoms with Crippen LogP contribution in [0, 0.1) is 5.92 Å². The van der Waals surface area contributed by atoms with Gasteiger partial charge in [0.1, 0.15) is 0 Å². The number of sulfonamides is 1. The third-order valence-electron chi connectivity index (χ3n) is 2.48. The standard InChI is InChI=1S/C12H15BrClNO4S/c1-7(2)3-4-19-12(16)9-5-8(20(15,17)18)6-10(13)11(9)14/h5-7H,3-4H2,1-2H3,(H2,15,17,18). The lowest BCUT2D eigenvalue weighted by molar-refractivity contribution is 0.0488. The molecule has 0 aliphatic rings. The molecule has 0 aliphatic carbocycles. The second-order valence-electron chi connectivity index (χ2n) is 4.63. The molecule has 8 heteroatoms. The number of primary sulfonamides is 1. The van der Waals surface area contributed by atoms with Crippen LogP contribution in [0.15, 0.2) is 21.5 Å². The SMILES string of the molecule is CC(C)CCOC(=O)c1cc(S(N)(=O)=O)cc(Br)c1Cl. The molecule has 0 amide bonds. The van der Waals surface area contributed by atoms with Crippen molar-refractivity contribution in [1.82, 2.24) is 0 Å². The molecular weight excluding hydrogens is 370 g/mol. The average Bonchev–Trinajstić information content (AvgIpc) is 2.30. The van der Waals surface area contributed by atoms with Gasteiger partial charge in [-0.3, -0.25) is 0 Å². The summed E-state index contributed by atoms with van der Waals surface area (Å²) in [5.41, 5.74) is -0.0335. The van der Waals surface area contributed by atoms with E-state index in [1.807, 2.05) is 13.8 Å². The number of carbonyl (C=O) groups excluding carboxylic acids is 1. The minimum atomic E-state index is -3.93. The largest absolute Gasteiger partial charge is 0.462 e. The van der Waals surface area contributed by atoms with Gasteiger partial charge in [0.2, 0.25) is 10.0 Å². The first kappa shape index (κ1) is 17.4. The summed E-state index contributed by atoms with van der Waals surface area (Å²) in [5, 5.41) is 5.13. The minimum absolute atomic E-state index is 0.0335. The van der Waals surface area contributed by atoms with Gasteiger partial charge in [-0.05, 0) is 40.4 Å². The fourth-order valence-corrected chi connectivity index (χ4v) is 2.70. The average molecular weight is 385 g/mol. The number of rotatable bonds is 5. The lowest BCUT2D eigenvalue weighted by atomic mass is 10.1. The number of nitrogens with two attached hydrogens (primary N) is 1. The van der Waals surface area contributed by atoms with Gasteiger partial charge in [-0.25, -0.2) is 18.4 Å². The molecule has 0 spiro atoms. The van der Waals surface area contributed by atoms with Crippen LogP contribution in [0.4, 0.5) is 0 Å². The first-order valence-corrected chi connectivity index (χ1v) is 8.53. The van der Waals surface area contributed by atoms with Crippen molar-refractivity contribution >= 4 is 43.5 Å². The molecule has 5 nitrogen and oxygen atoms in total. The van der Waals surface area contributed by atoms with E-state index < -0.39 is 16.0 Å². The molecule has 0 atom stereocenters. The van der Waals surface area contributed by atoms with Crippen LogP contribution in [-0.4, -0.2) is 21.0 Å². The summed E-state index contributed by atoms with van der Waals surface area (Å²) < 4.78 is 28.0. The predicted molar refractivity (Wildman–Crippen MR) is 80.3 cm³/mol. The molecule has 0 unspecified atom stereocenters. The Balaban J connectivity index is 3.05. The number of carbonyl (C=O) groups is 1. The van der Waals surface area contributed by atoms with Gasteiger partial charge in [0.15, 0.2) is 0 Å². The van der Waals surface area contributed by atoms with E-state index in [-0.39, 0.29) is 26.6 Å². The van der Waals surface area contributed by atoms with Gasteiger partial charge in [0.25, 0.3) is 0 Å². The van der Waals surface area contributed by atoms with Gasteiger partial charge < -0.3 is 4.74 Å². The molecular formula is C12H15BrClNO4S. The van der Waals surface area contributed by atoms with Crippen molar-refractivity contribution in [3.8, 4) is 0 Å². The molecule has 1 rings (SSSR count). The second kappa shape index (κ2) is 6.89. The lowest BCUT2D eigenvalue weighted by Gasteiger charge is -2.10. The molecule has 0 radical (unpaired) electrons. The van der Waals surface area contributed by atoms with E-state index in [0.29, 0.717) is 12.3 Å². The van der Waals surface area contributed by atoms with E-state index in [0.717, 1.165) is 6.07 Å². The highest BCUT2D eigenvalue weighted by Gasteiger charge is 2.20. The Labute approximate surface area is 131 Å². The highest BCUT2D eigenvalue weighted by Crippen LogP contribution is 2.30. The number of ether oxygens (including phenoxy) is 1.